The van der Waals surface area contributed by atoms with Gasteiger partial charge in [0.15, 0.2) is 10.8 Å². The van der Waals surface area contributed by atoms with Gasteiger partial charge in [-0.15, -0.1) is 21.5 Å². The van der Waals surface area contributed by atoms with Crippen LogP contribution in [0.4, 0.5) is 13.2 Å². The molecule has 3 rings (SSSR count). The SMILES string of the molecule is FC(F)(F)c1nc(C2=NCCn3cnnc32)cs1. The molecule has 18 heavy (non-hydrogen) atoms. The van der Waals surface area contributed by atoms with Crippen molar-refractivity contribution in [3.63, 3.8) is 0 Å². The second-order valence-corrected chi connectivity index (χ2v) is 4.47. The summed E-state index contributed by atoms with van der Waals surface area (Å²) in [5.74, 6) is 0.459. The van der Waals surface area contributed by atoms with E-state index in [2.05, 4.69) is 20.2 Å². The third-order valence-corrected chi connectivity index (χ3v) is 3.31. The maximum Gasteiger partial charge on any atom is 0.443 e. The van der Waals surface area contributed by atoms with Crippen LogP contribution in [-0.2, 0) is 12.7 Å². The van der Waals surface area contributed by atoms with Gasteiger partial charge in [0.2, 0.25) is 0 Å². The number of aliphatic imine (C=N–C) groups is 1. The Morgan fingerprint density at radius 1 is 1.33 bits per heavy atom. The molecule has 0 aromatic carbocycles. The van der Waals surface area contributed by atoms with Crippen LogP contribution in [0.3, 0.4) is 0 Å². The van der Waals surface area contributed by atoms with Crippen molar-refractivity contribution < 1.29 is 13.2 Å². The van der Waals surface area contributed by atoms with Crippen LogP contribution in [0, 0.1) is 0 Å². The Kier molecular flexibility index (Phi) is 2.44. The third kappa shape index (κ3) is 1.80. The molecule has 5 nitrogen and oxygen atoms in total. The molecule has 0 spiro atoms. The number of alkyl halides is 3. The molecule has 1 aliphatic rings. The highest BCUT2D eigenvalue weighted by Gasteiger charge is 2.35. The van der Waals surface area contributed by atoms with E-state index in [9.17, 15) is 13.2 Å². The number of halogens is 3. The van der Waals surface area contributed by atoms with E-state index in [1.165, 1.54) is 11.7 Å². The molecule has 0 N–H and O–H groups in total. The number of aromatic nitrogens is 4. The molecule has 0 fully saturated rings. The highest BCUT2D eigenvalue weighted by atomic mass is 32.1. The molecule has 2 aromatic rings. The van der Waals surface area contributed by atoms with E-state index in [0.717, 1.165) is 0 Å². The second-order valence-electron chi connectivity index (χ2n) is 3.61. The first kappa shape index (κ1) is 11.3. The maximum absolute atomic E-state index is 12.5. The summed E-state index contributed by atoms with van der Waals surface area (Å²) in [4.78, 5) is 7.74. The van der Waals surface area contributed by atoms with Gasteiger partial charge in [-0.1, -0.05) is 0 Å². The molecule has 0 saturated carbocycles. The van der Waals surface area contributed by atoms with Gasteiger partial charge in [0.1, 0.15) is 17.7 Å². The van der Waals surface area contributed by atoms with E-state index in [1.54, 1.807) is 4.57 Å². The van der Waals surface area contributed by atoms with Gasteiger partial charge < -0.3 is 4.57 Å². The van der Waals surface area contributed by atoms with E-state index in [4.69, 9.17) is 0 Å². The monoisotopic (exact) mass is 273 g/mol. The predicted octanol–water partition coefficient (Wildman–Crippen LogP) is 1.60. The zero-order valence-corrected chi connectivity index (χ0v) is 9.66. The van der Waals surface area contributed by atoms with Crippen molar-refractivity contribution in [3.8, 4) is 0 Å². The van der Waals surface area contributed by atoms with Gasteiger partial charge in [-0.05, 0) is 0 Å². The lowest BCUT2D eigenvalue weighted by Gasteiger charge is -2.11. The molecule has 0 saturated heterocycles. The molecule has 2 aromatic heterocycles. The molecule has 94 valence electrons. The van der Waals surface area contributed by atoms with Gasteiger partial charge in [0.25, 0.3) is 0 Å². The van der Waals surface area contributed by atoms with Crippen LogP contribution in [0.25, 0.3) is 0 Å². The van der Waals surface area contributed by atoms with Gasteiger partial charge in [-0.2, -0.15) is 13.2 Å². The van der Waals surface area contributed by atoms with Crippen molar-refractivity contribution in [2.75, 3.05) is 6.54 Å². The zero-order valence-electron chi connectivity index (χ0n) is 8.85. The molecular weight excluding hydrogens is 267 g/mol. The van der Waals surface area contributed by atoms with E-state index in [1.807, 2.05) is 0 Å². The fourth-order valence-corrected chi connectivity index (χ4v) is 2.32. The molecule has 0 radical (unpaired) electrons. The Hall–Kier alpha value is -1.77. The number of hydrogen-bond acceptors (Lipinski definition) is 5. The normalized spacial score (nSPS) is 15.4. The second kappa shape index (κ2) is 3.87. The smallest absolute Gasteiger partial charge is 0.310 e. The molecular formula is C9H6F3N5S. The molecule has 0 amide bonds. The minimum atomic E-state index is -4.42. The van der Waals surface area contributed by atoms with Crippen molar-refractivity contribution in [2.24, 2.45) is 4.99 Å². The molecule has 1 aliphatic heterocycles. The zero-order chi connectivity index (χ0) is 12.8. The van der Waals surface area contributed by atoms with Gasteiger partial charge in [-0.25, -0.2) is 4.98 Å². The minimum absolute atomic E-state index is 0.196. The molecule has 0 unspecified atom stereocenters. The fourth-order valence-electron chi connectivity index (χ4n) is 1.65. The van der Waals surface area contributed by atoms with Crippen molar-refractivity contribution in [2.45, 2.75) is 12.7 Å². The highest BCUT2D eigenvalue weighted by molar-refractivity contribution is 7.10. The third-order valence-electron chi connectivity index (χ3n) is 2.43. The van der Waals surface area contributed by atoms with E-state index in [0.29, 0.717) is 36.0 Å². The molecule has 9 heteroatoms. The molecule has 0 atom stereocenters. The van der Waals surface area contributed by atoms with Crippen molar-refractivity contribution in [1.82, 2.24) is 19.7 Å². The first-order valence-electron chi connectivity index (χ1n) is 5.01. The Morgan fingerprint density at radius 2 is 2.17 bits per heavy atom. The lowest BCUT2D eigenvalue weighted by Crippen LogP contribution is -2.20. The summed E-state index contributed by atoms with van der Waals surface area (Å²) in [6, 6.07) is 0. The number of fused-ring (bicyclic) bond motifs is 1. The van der Waals surface area contributed by atoms with Crippen LogP contribution in [0.1, 0.15) is 16.5 Å². The van der Waals surface area contributed by atoms with Crippen LogP contribution in [-0.4, -0.2) is 32.0 Å². The maximum atomic E-state index is 12.5. The van der Waals surface area contributed by atoms with Crippen LogP contribution >= 0.6 is 11.3 Å². The van der Waals surface area contributed by atoms with Crippen LogP contribution < -0.4 is 0 Å². The van der Waals surface area contributed by atoms with Crippen LogP contribution in [0.2, 0.25) is 0 Å². The highest BCUT2D eigenvalue weighted by Crippen LogP contribution is 2.32. The van der Waals surface area contributed by atoms with Gasteiger partial charge in [0.05, 0.1) is 6.54 Å². The fraction of sp³-hybridized carbons (Fsp3) is 0.333. The quantitative estimate of drug-likeness (QED) is 0.793. The number of nitrogens with zero attached hydrogens (tertiary/aromatic N) is 5. The van der Waals surface area contributed by atoms with Crippen molar-refractivity contribution in [1.29, 1.82) is 0 Å². The first-order valence-corrected chi connectivity index (χ1v) is 5.89. The summed E-state index contributed by atoms with van der Waals surface area (Å²) in [5, 5.41) is 8.03. The van der Waals surface area contributed by atoms with E-state index >= 15 is 0 Å². The summed E-state index contributed by atoms with van der Waals surface area (Å²) in [6.07, 6.45) is -2.90. The number of thiazole rings is 1. The first-order chi connectivity index (χ1) is 8.55. The van der Waals surface area contributed by atoms with Crippen LogP contribution in [0.15, 0.2) is 16.7 Å². The summed E-state index contributed by atoms with van der Waals surface area (Å²) < 4.78 is 39.2. The Morgan fingerprint density at radius 3 is 2.89 bits per heavy atom. The number of hydrogen-bond donors (Lipinski definition) is 0. The van der Waals surface area contributed by atoms with E-state index in [-0.39, 0.29) is 5.69 Å². The average Bonchev–Trinajstić information content (AvgIpc) is 2.96. The topological polar surface area (TPSA) is 56.0 Å². The Labute approximate surface area is 103 Å². The minimum Gasteiger partial charge on any atom is -0.310 e. The van der Waals surface area contributed by atoms with E-state index < -0.39 is 11.2 Å². The largest absolute Gasteiger partial charge is 0.443 e. The van der Waals surface area contributed by atoms with Crippen molar-refractivity contribution in [3.05, 3.63) is 28.2 Å². The number of rotatable bonds is 1. The predicted molar refractivity (Wildman–Crippen MR) is 57.6 cm³/mol. The van der Waals surface area contributed by atoms with Crippen LogP contribution in [0.5, 0.6) is 0 Å². The lowest BCUT2D eigenvalue weighted by molar-refractivity contribution is -0.137. The molecule has 0 bridgehead atoms. The summed E-state index contributed by atoms with van der Waals surface area (Å²) in [5.41, 5.74) is 0.562. The van der Waals surface area contributed by atoms with Gasteiger partial charge >= 0.3 is 6.18 Å². The van der Waals surface area contributed by atoms with Crippen molar-refractivity contribution >= 4 is 17.0 Å². The summed E-state index contributed by atoms with van der Waals surface area (Å²) >= 11 is 0.553. The Bertz CT molecular complexity index is 612. The average molecular weight is 273 g/mol. The molecule has 0 aliphatic carbocycles. The Balaban J connectivity index is 2.02. The lowest BCUT2D eigenvalue weighted by atomic mass is 10.2. The molecule has 3 heterocycles. The standard InChI is InChI=1S/C9H6F3N5S/c10-9(11,12)8-15-5(3-18-8)6-7-16-14-4-17(7)2-1-13-6/h3-4H,1-2H2. The summed E-state index contributed by atoms with van der Waals surface area (Å²) in [6.45, 7) is 1.11. The van der Waals surface area contributed by atoms with Gasteiger partial charge in [-0.3, -0.25) is 4.99 Å². The van der Waals surface area contributed by atoms with Gasteiger partial charge in [0, 0.05) is 11.9 Å². The summed E-state index contributed by atoms with van der Waals surface area (Å²) in [7, 11) is 0.